The molecule has 2 unspecified atom stereocenters. The molecular formula is C22H30N4O. The third kappa shape index (κ3) is 3.29. The van der Waals surface area contributed by atoms with E-state index in [1.807, 2.05) is 14.0 Å². The molecule has 5 heteroatoms. The fourth-order valence-corrected chi connectivity index (χ4v) is 5.15. The van der Waals surface area contributed by atoms with Crippen LogP contribution in [-0.4, -0.2) is 28.8 Å². The summed E-state index contributed by atoms with van der Waals surface area (Å²) in [6.07, 6.45) is 4.14. The van der Waals surface area contributed by atoms with Crippen LogP contribution in [0, 0.1) is 18.8 Å². The minimum Gasteiger partial charge on any atom is -0.322 e. The van der Waals surface area contributed by atoms with Crippen molar-refractivity contribution in [2.45, 2.75) is 45.4 Å². The quantitative estimate of drug-likeness (QED) is 0.865. The van der Waals surface area contributed by atoms with Gasteiger partial charge in [0.25, 0.3) is 5.91 Å². The summed E-state index contributed by atoms with van der Waals surface area (Å²) in [5.41, 5.74) is 5.23. The molecule has 1 aromatic heterocycles. The van der Waals surface area contributed by atoms with Crippen molar-refractivity contribution in [1.29, 1.82) is 0 Å². The zero-order valence-electron chi connectivity index (χ0n) is 16.7. The molecule has 5 nitrogen and oxygen atoms in total. The van der Waals surface area contributed by atoms with Gasteiger partial charge in [0.05, 0.1) is 11.3 Å². The van der Waals surface area contributed by atoms with Crippen LogP contribution in [0.4, 0.5) is 5.69 Å². The predicted molar refractivity (Wildman–Crippen MR) is 108 cm³/mol. The largest absolute Gasteiger partial charge is 0.322 e. The average Bonchev–Trinajstić information content (AvgIpc) is 3.13. The van der Waals surface area contributed by atoms with Gasteiger partial charge < -0.3 is 10.6 Å². The number of nitrogens with zero attached hydrogens (tertiary/aromatic N) is 2. The first-order chi connectivity index (χ1) is 13.0. The maximum Gasteiger partial charge on any atom is 0.259 e. The van der Waals surface area contributed by atoms with Gasteiger partial charge in [-0.15, -0.1) is 0 Å². The maximum absolute atomic E-state index is 12.9. The molecular weight excluding hydrogens is 336 g/mol. The Morgan fingerprint density at radius 1 is 1.41 bits per heavy atom. The van der Waals surface area contributed by atoms with Crippen molar-refractivity contribution in [2.24, 2.45) is 18.9 Å². The van der Waals surface area contributed by atoms with E-state index in [0.717, 1.165) is 30.9 Å². The number of aromatic nitrogens is 2. The van der Waals surface area contributed by atoms with Crippen LogP contribution in [0.15, 0.2) is 24.4 Å². The SMILES string of the molecule is Cc1nn(C)cc1C(=O)Nc1cccc2c1C1CCNCC1[C@@H]2CC(C)C. The Labute approximate surface area is 161 Å². The highest BCUT2D eigenvalue weighted by atomic mass is 16.1. The third-order valence-corrected chi connectivity index (χ3v) is 6.19. The second-order valence-corrected chi connectivity index (χ2v) is 8.56. The molecule has 4 rings (SSSR count). The zero-order valence-corrected chi connectivity index (χ0v) is 16.7. The van der Waals surface area contributed by atoms with Crippen LogP contribution >= 0.6 is 0 Å². The van der Waals surface area contributed by atoms with E-state index < -0.39 is 0 Å². The Hall–Kier alpha value is -2.14. The average molecular weight is 367 g/mol. The Morgan fingerprint density at radius 3 is 2.93 bits per heavy atom. The molecule has 3 atom stereocenters. The lowest BCUT2D eigenvalue weighted by atomic mass is 9.79. The number of aryl methyl sites for hydroxylation is 2. The van der Waals surface area contributed by atoms with Crippen LogP contribution in [0.25, 0.3) is 0 Å². The van der Waals surface area contributed by atoms with Crippen LogP contribution in [0.3, 0.4) is 0 Å². The number of piperidine rings is 1. The van der Waals surface area contributed by atoms with E-state index in [9.17, 15) is 4.79 Å². The van der Waals surface area contributed by atoms with E-state index in [1.54, 1.807) is 10.9 Å². The van der Waals surface area contributed by atoms with Gasteiger partial charge >= 0.3 is 0 Å². The molecule has 0 saturated carbocycles. The molecule has 2 aliphatic rings. The smallest absolute Gasteiger partial charge is 0.259 e. The molecule has 1 aliphatic heterocycles. The van der Waals surface area contributed by atoms with Crippen molar-refractivity contribution >= 4 is 11.6 Å². The number of anilines is 1. The molecule has 0 spiro atoms. The number of benzene rings is 1. The molecule has 1 saturated heterocycles. The fraction of sp³-hybridized carbons (Fsp3) is 0.545. The predicted octanol–water partition coefficient (Wildman–Crippen LogP) is 3.82. The van der Waals surface area contributed by atoms with Crippen LogP contribution in [-0.2, 0) is 7.05 Å². The van der Waals surface area contributed by atoms with E-state index in [4.69, 9.17) is 0 Å². The van der Waals surface area contributed by atoms with Crippen molar-refractivity contribution in [2.75, 3.05) is 18.4 Å². The molecule has 2 N–H and O–H groups in total. The molecule has 2 heterocycles. The first kappa shape index (κ1) is 18.2. The molecule has 2 aromatic rings. The summed E-state index contributed by atoms with van der Waals surface area (Å²) < 4.78 is 1.70. The molecule has 0 radical (unpaired) electrons. The summed E-state index contributed by atoms with van der Waals surface area (Å²) in [5.74, 6) is 2.35. The van der Waals surface area contributed by atoms with Gasteiger partial charge in [0.1, 0.15) is 0 Å². The van der Waals surface area contributed by atoms with Gasteiger partial charge in [-0.2, -0.15) is 5.10 Å². The Balaban J connectivity index is 1.69. The van der Waals surface area contributed by atoms with Crippen LogP contribution in [0.1, 0.15) is 65.7 Å². The van der Waals surface area contributed by atoms with E-state index in [1.165, 1.54) is 17.5 Å². The fourth-order valence-electron chi connectivity index (χ4n) is 5.15. The molecule has 1 amide bonds. The molecule has 1 fully saturated rings. The normalized spacial score (nSPS) is 24.0. The van der Waals surface area contributed by atoms with Gasteiger partial charge in [0, 0.05) is 18.9 Å². The number of amides is 1. The summed E-state index contributed by atoms with van der Waals surface area (Å²) in [6, 6.07) is 6.45. The molecule has 1 aliphatic carbocycles. The monoisotopic (exact) mass is 366 g/mol. The van der Waals surface area contributed by atoms with Gasteiger partial charge in [-0.05, 0) is 73.7 Å². The van der Waals surface area contributed by atoms with E-state index in [-0.39, 0.29) is 5.91 Å². The Morgan fingerprint density at radius 2 is 2.22 bits per heavy atom. The lowest BCUT2D eigenvalue weighted by Crippen LogP contribution is -2.35. The minimum absolute atomic E-state index is 0.0632. The van der Waals surface area contributed by atoms with Gasteiger partial charge in [-0.3, -0.25) is 9.48 Å². The highest BCUT2D eigenvalue weighted by molar-refractivity contribution is 6.05. The van der Waals surface area contributed by atoms with E-state index in [2.05, 4.69) is 47.8 Å². The number of carbonyl (C=O) groups is 1. The highest BCUT2D eigenvalue weighted by Crippen LogP contribution is 2.53. The van der Waals surface area contributed by atoms with Crippen LogP contribution in [0.5, 0.6) is 0 Å². The second kappa shape index (κ2) is 7.12. The van der Waals surface area contributed by atoms with Crippen LogP contribution < -0.4 is 10.6 Å². The first-order valence-electron chi connectivity index (χ1n) is 10.1. The van der Waals surface area contributed by atoms with Crippen molar-refractivity contribution in [1.82, 2.24) is 15.1 Å². The Kier molecular flexibility index (Phi) is 4.81. The molecule has 144 valence electrons. The standard InChI is InChI=1S/C22H30N4O/c1-13(2)10-17-15-6-5-7-20(21(15)16-8-9-23-11-18(16)17)24-22(27)19-12-26(4)25-14(19)3/h5-7,12-13,16-18,23H,8-11H2,1-4H3,(H,24,27)/t16?,17-,18?/m1/s1. The number of carbonyl (C=O) groups excluding carboxylic acids is 1. The molecule has 0 bridgehead atoms. The minimum atomic E-state index is -0.0632. The zero-order chi connectivity index (χ0) is 19.1. The Bertz CT molecular complexity index is 854. The summed E-state index contributed by atoms with van der Waals surface area (Å²) in [7, 11) is 1.85. The summed E-state index contributed by atoms with van der Waals surface area (Å²) in [6.45, 7) is 8.62. The summed E-state index contributed by atoms with van der Waals surface area (Å²) in [5, 5.41) is 11.1. The van der Waals surface area contributed by atoms with E-state index >= 15 is 0 Å². The molecule has 27 heavy (non-hydrogen) atoms. The lowest BCUT2D eigenvalue weighted by Gasteiger charge is -2.31. The van der Waals surface area contributed by atoms with Crippen molar-refractivity contribution in [3.8, 4) is 0 Å². The topological polar surface area (TPSA) is 59.0 Å². The van der Waals surface area contributed by atoms with Crippen molar-refractivity contribution in [3.63, 3.8) is 0 Å². The number of rotatable bonds is 4. The van der Waals surface area contributed by atoms with Gasteiger partial charge in [-0.1, -0.05) is 26.0 Å². The number of fused-ring (bicyclic) bond motifs is 3. The van der Waals surface area contributed by atoms with Crippen molar-refractivity contribution in [3.05, 3.63) is 46.8 Å². The lowest BCUT2D eigenvalue weighted by molar-refractivity contribution is 0.102. The number of nitrogens with one attached hydrogen (secondary N) is 2. The summed E-state index contributed by atoms with van der Waals surface area (Å²) in [4.78, 5) is 12.9. The number of hydrogen-bond acceptors (Lipinski definition) is 3. The molecule has 1 aromatic carbocycles. The maximum atomic E-state index is 12.9. The highest BCUT2D eigenvalue weighted by Gasteiger charge is 2.43. The third-order valence-electron chi connectivity index (χ3n) is 6.19. The first-order valence-corrected chi connectivity index (χ1v) is 10.1. The van der Waals surface area contributed by atoms with Crippen molar-refractivity contribution < 1.29 is 4.79 Å². The summed E-state index contributed by atoms with van der Waals surface area (Å²) >= 11 is 0. The van der Waals surface area contributed by atoms with Gasteiger partial charge in [-0.25, -0.2) is 0 Å². The second-order valence-electron chi connectivity index (χ2n) is 8.56. The van der Waals surface area contributed by atoms with Gasteiger partial charge in [0.2, 0.25) is 0 Å². The van der Waals surface area contributed by atoms with Crippen LogP contribution in [0.2, 0.25) is 0 Å². The van der Waals surface area contributed by atoms with E-state index in [0.29, 0.717) is 29.2 Å². The van der Waals surface area contributed by atoms with Gasteiger partial charge in [0.15, 0.2) is 0 Å². The number of hydrogen-bond donors (Lipinski definition) is 2.